The molecule has 0 bridgehead atoms. The van der Waals surface area contributed by atoms with Crippen LogP contribution in [-0.4, -0.2) is 32.8 Å². The molecule has 4 heteroatoms. The Bertz CT molecular complexity index is 126. The van der Waals surface area contributed by atoms with E-state index in [4.69, 9.17) is 4.74 Å². The van der Waals surface area contributed by atoms with Gasteiger partial charge in [-0.15, -0.1) is 0 Å². The molecule has 1 heterocycles. The van der Waals surface area contributed by atoms with Crippen LogP contribution < -0.4 is 0 Å². The molecule has 0 saturated carbocycles. The standard InChI is InChI=1S/C8H15I2NO/c1-7(12-8(9)10)6-11-4-2-3-5-11/h7-8H,2-6H2,1H3/t7-/m1/s1. The van der Waals surface area contributed by atoms with Gasteiger partial charge in [0.15, 0.2) is 2.12 Å². The van der Waals surface area contributed by atoms with Crippen molar-refractivity contribution >= 4 is 45.2 Å². The fourth-order valence-electron chi connectivity index (χ4n) is 1.55. The predicted octanol–water partition coefficient (Wildman–Crippen LogP) is 2.64. The van der Waals surface area contributed by atoms with Crippen molar-refractivity contribution in [2.24, 2.45) is 0 Å². The Morgan fingerprint density at radius 2 is 1.92 bits per heavy atom. The molecule has 0 aromatic carbocycles. The second-order valence-electron chi connectivity index (χ2n) is 3.22. The lowest BCUT2D eigenvalue weighted by molar-refractivity contribution is 0.0729. The van der Waals surface area contributed by atoms with Gasteiger partial charge in [-0.2, -0.15) is 0 Å². The molecular weight excluding hydrogens is 380 g/mol. The predicted molar refractivity (Wildman–Crippen MR) is 68.0 cm³/mol. The SMILES string of the molecule is C[C@H](CN1CCCC1)OC(I)I. The van der Waals surface area contributed by atoms with Crippen LogP contribution in [-0.2, 0) is 4.74 Å². The van der Waals surface area contributed by atoms with Crippen LogP contribution in [0.4, 0.5) is 0 Å². The molecule has 12 heavy (non-hydrogen) atoms. The minimum absolute atomic E-state index is 0.304. The average molecular weight is 395 g/mol. The van der Waals surface area contributed by atoms with E-state index in [0.717, 1.165) is 6.54 Å². The van der Waals surface area contributed by atoms with Crippen LogP contribution >= 0.6 is 45.2 Å². The fourth-order valence-corrected chi connectivity index (χ4v) is 2.55. The van der Waals surface area contributed by atoms with Crippen LogP contribution in [0.2, 0.25) is 0 Å². The Hall–Kier alpha value is 1.38. The largest absolute Gasteiger partial charge is 0.354 e. The van der Waals surface area contributed by atoms with Crippen LogP contribution in [0.5, 0.6) is 0 Å². The van der Waals surface area contributed by atoms with E-state index in [2.05, 4.69) is 57.0 Å². The highest BCUT2D eigenvalue weighted by Gasteiger charge is 2.15. The first-order chi connectivity index (χ1) is 5.68. The summed E-state index contributed by atoms with van der Waals surface area (Å²) in [6, 6.07) is 0. The second-order valence-corrected chi connectivity index (χ2v) is 7.86. The first-order valence-corrected chi connectivity index (χ1v) is 6.83. The maximum absolute atomic E-state index is 5.64. The van der Waals surface area contributed by atoms with Gasteiger partial charge >= 0.3 is 0 Å². The molecule has 1 aliphatic heterocycles. The van der Waals surface area contributed by atoms with Crippen LogP contribution in [0.3, 0.4) is 0 Å². The lowest BCUT2D eigenvalue weighted by Gasteiger charge is -2.21. The smallest absolute Gasteiger partial charge is 0.159 e. The highest BCUT2D eigenvalue weighted by atomic mass is 127. The highest BCUT2D eigenvalue weighted by molar-refractivity contribution is 14.2. The number of alkyl halides is 2. The van der Waals surface area contributed by atoms with Crippen molar-refractivity contribution in [3.05, 3.63) is 0 Å². The van der Waals surface area contributed by atoms with Gasteiger partial charge in [-0.05, 0) is 78.0 Å². The van der Waals surface area contributed by atoms with Crippen LogP contribution in [0.25, 0.3) is 0 Å². The molecule has 2 nitrogen and oxygen atoms in total. The van der Waals surface area contributed by atoms with Crippen LogP contribution in [0, 0.1) is 0 Å². The van der Waals surface area contributed by atoms with Crippen molar-refractivity contribution in [3.8, 4) is 0 Å². The van der Waals surface area contributed by atoms with E-state index in [-0.39, 0.29) is 0 Å². The van der Waals surface area contributed by atoms with Crippen molar-refractivity contribution in [3.63, 3.8) is 0 Å². The van der Waals surface area contributed by atoms with Gasteiger partial charge in [-0.25, -0.2) is 0 Å². The zero-order valence-corrected chi connectivity index (χ0v) is 11.6. The molecule has 0 N–H and O–H groups in total. The fraction of sp³-hybridized carbons (Fsp3) is 1.00. The number of halogens is 2. The minimum Gasteiger partial charge on any atom is -0.354 e. The summed E-state index contributed by atoms with van der Waals surface area (Å²) >= 11 is 4.58. The number of ether oxygens (including phenoxy) is 1. The molecule has 1 rings (SSSR count). The molecule has 0 unspecified atom stereocenters. The van der Waals surface area contributed by atoms with Gasteiger partial charge in [-0.3, -0.25) is 0 Å². The molecule has 1 atom stereocenters. The summed E-state index contributed by atoms with van der Waals surface area (Å²) in [5, 5.41) is 0. The van der Waals surface area contributed by atoms with Crippen LogP contribution in [0.15, 0.2) is 0 Å². The van der Waals surface area contributed by atoms with E-state index in [1.807, 2.05) is 0 Å². The van der Waals surface area contributed by atoms with Gasteiger partial charge in [0.2, 0.25) is 0 Å². The van der Waals surface area contributed by atoms with Gasteiger partial charge < -0.3 is 9.64 Å². The number of rotatable bonds is 4. The zero-order valence-electron chi connectivity index (χ0n) is 7.30. The summed E-state index contributed by atoms with van der Waals surface area (Å²) in [7, 11) is 0. The van der Waals surface area contributed by atoms with E-state index in [9.17, 15) is 0 Å². The summed E-state index contributed by atoms with van der Waals surface area (Å²) < 4.78 is 5.95. The molecule has 0 aliphatic carbocycles. The maximum atomic E-state index is 5.64. The van der Waals surface area contributed by atoms with E-state index < -0.39 is 0 Å². The molecule has 0 amide bonds. The summed E-state index contributed by atoms with van der Waals surface area (Å²) in [6.45, 7) is 5.78. The molecule has 0 aromatic heterocycles. The molecule has 1 saturated heterocycles. The van der Waals surface area contributed by atoms with Crippen molar-refractivity contribution in [1.29, 1.82) is 0 Å². The number of hydrogen-bond donors (Lipinski definition) is 0. The molecule has 0 aromatic rings. The number of likely N-dealkylation sites (tertiary alicyclic amines) is 1. The van der Waals surface area contributed by atoms with Crippen molar-refractivity contribution < 1.29 is 4.74 Å². The average Bonchev–Trinajstić information content (AvgIpc) is 2.37. The van der Waals surface area contributed by atoms with Gasteiger partial charge in [-0.1, -0.05) is 0 Å². The normalized spacial score (nSPS) is 22.0. The van der Waals surface area contributed by atoms with Gasteiger partial charge in [0.05, 0.1) is 6.10 Å². The third kappa shape index (κ3) is 4.57. The van der Waals surface area contributed by atoms with Crippen molar-refractivity contribution in [2.45, 2.75) is 28.0 Å². The van der Waals surface area contributed by atoms with Crippen LogP contribution in [0.1, 0.15) is 19.8 Å². The molecule has 1 aliphatic rings. The van der Waals surface area contributed by atoms with E-state index >= 15 is 0 Å². The Labute approximate surface area is 102 Å². The van der Waals surface area contributed by atoms with Gasteiger partial charge in [0.1, 0.15) is 0 Å². The lowest BCUT2D eigenvalue weighted by Crippen LogP contribution is -2.30. The Kier molecular flexibility index (Phi) is 5.70. The third-order valence-electron chi connectivity index (χ3n) is 2.05. The Morgan fingerprint density at radius 3 is 2.42 bits per heavy atom. The molecule has 72 valence electrons. The topological polar surface area (TPSA) is 12.5 Å². The first-order valence-electron chi connectivity index (χ1n) is 4.34. The molecular formula is C8H15I2NO. The van der Waals surface area contributed by atoms with E-state index in [1.165, 1.54) is 25.9 Å². The van der Waals surface area contributed by atoms with E-state index in [0.29, 0.717) is 8.22 Å². The molecule has 0 spiro atoms. The summed E-state index contributed by atoms with van der Waals surface area (Å²) in [4.78, 5) is 2.49. The summed E-state index contributed by atoms with van der Waals surface area (Å²) in [5.41, 5.74) is 0. The summed E-state index contributed by atoms with van der Waals surface area (Å²) in [5.74, 6) is 0. The zero-order chi connectivity index (χ0) is 8.97. The second kappa shape index (κ2) is 5.98. The molecule has 0 radical (unpaired) electrons. The Morgan fingerprint density at radius 1 is 1.33 bits per heavy atom. The minimum atomic E-state index is 0.304. The lowest BCUT2D eigenvalue weighted by atomic mass is 10.4. The van der Waals surface area contributed by atoms with Crippen molar-refractivity contribution in [2.75, 3.05) is 19.6 Å². The van der Waals surface area contributed by atoms with Gasteiger partial charge in [0, 0.05) is 6.54 Å². The monoisotopic (exact) mass is 395 g/mol. The number of hydrogen-bond acceptors (Lipinski definition) is 2. The first kappa shape index (κ1) is 11.5. The molecule has 1 fully saturated rings. The maximum Gasteiger partial charge on any atom is 0.159 e. The van der Waals surface area contributed by atoms with Gasteiger partial charge in [0.25, 0.3) is 0 Å². The summed E-state index contributed by atoms with van der Waals surface area (Å²) in [6.07, 6.45) is 3.11. The number of nitrogens with zero attached hydrogens (tertiary/aromatic N) is 1. The quantitative estimate of drug-likeness (QED) is 0.537. The van der Waals surface area contributed by atoms with Crippen molar-refractivity contribution in [1.82, 2.24) is 4.90 Å². The highest BCUT2D eigenvalue weighted by Crippen LogP contribution is 2.15. The Balaban J connectivity index is 2.11. The third-order valence-corrected chi connectivity index (χ3v) is 2.64. The van der Waals surface area contributed by atoms with E-state index in [1.54, 1.807) is 0 Å².